The minimum Gasteiger partial charge on any atom is -0.475 e. The van der Waals surface area contributed by atoms with E-state index in [2.05, 4.69) is 14.8 Å². The minimum absolute atomic E-state index is 0.00795. The van der Waals surface area contributed by atoms with E-state index >= 15 is 4.39 Å². The van der Waals surface area contributed by atoms with E-state index in [9.17, 15) is 4.39 Å². The molecule has 3 aromatic rings. The summed E-state index contributed by atoms with van der Waals surface area (Å²) in [5, 5.41) is 8.95. The van der Waals surface area contributed by atoms with Crippen LogP contribution in [0.2, 0.25) is 5.02 Å². The average Bonchev–Trinajstić information content (AvgIpc) is 3.77. The van der Waals surface area contributed by atoms with Crippen molar-refractivity contribution in [3.63, 3.8) is 0 Å². The number of nitrogens with two attached hydrogens (primary N) is 1. The number of aromatic nitrogens is 3. The summed E-state index contributed by atoms with van der Waals surface area (Å²) >= 11 is 6.71. The molecule has 1 aromatic carbocycles. The molecule has 5 aliphatic rings. The van der Waals surface area contributed by atoms with Crippen LogP contribution >= 0.6 is 11.6 Å². The van der Waals surface area contributed by atoms with Crippen molar-refractivity contribution in [2.24, 2.45) is 0 Å². The van der Waals surface area contributed by atoms with Gasteiger partial charge >= 0.3 is 6.01 Å². The zero-order valence-electron chi connectivity index (χ0n) is 24.8. The van der Waals surface area contributed by atoms with Crippen LogP contribution in [0, 0.1) is 11.2 Å². The van der Waals surface area contributed by atoms with E-state index in [1.54, 1.807) is 6.07 Å². The Kier molecular flexibility index (Phi) is 7.07. The monoisotopic (exact) mass is 637 g/mol. The van der Waals surface area contributed by atoms with Gasteiger partial charge in [0.05, 0.1) is 24.5 Å². The number of benzene rings is 1. The van der Waals surface area contributed by atoms with Gasteiger partial charge in [-0.15, -0.1) is 0 Å². The predicted octanol–water partition coefficient (Wildman–Crippen LogP) is 5.40. The molecule has 13 heteroatoms. The highest BCUT2D eigenvalue weighted by atomic mass is 35.5. The summed E-state index contributed by atoms with van der Waals surface area (Å²) < 4.78 is 49.1. The second-order valence-electron chi connectivity index (χ2n) is 12.8. The number of ether oxygens (including phenoxy) is 3. The van der Waals surface area contributed by atoms with Crippen molar-refractivity contribution in [1.29, 1.82) is 5.41 Å². The van der Waals surface area contributed by atoms with Gasteiger partial charge in [-0.3, -0.25) is 4.90 Å². The Labute approximate surface area is 264 Å². The highest BCUT2D eigenvalue weighted by Crippen LogP contribution is 2.51. The number of nitrogens with one attached hydrogen (secondary N) is 1. The average molecular weight is 638 g/mol. The summed E-state index contributed by atoms with van der Waals surface area (Å²) in [6.07, 6.45) is 6.80. The molecule has 0 spiro atoms. The van der Waals surface area contributed by atoms with Crippen molar-refractivity contribution in [2.75, 3.05) is 56.7 Å². The molecule has 3 saturated heterocycles. The van der Waals surface area contributed by atoms with Crippen molar-refractivity contribution in [3.8, 4) is 23.1 Å². The molecule has 8 rings (SSSR count). The van der Waals surface area contributed by atoms with Crippen molar-refractivity contribution < 1.29 is 23.0 Å². The third kappa shape index (κ3) is 4.71. The fourth-order valence-corrected chi connectivity index (χ4v) is 7.97. The lowest BCUT2D eigenvalue weighted by Gasteiger charge is -2.31. The lowest BCUT2D eigenvalue weighted by molar-refractivity contribution is 0.108. The Morgan fingerprint density at radius 1 is 1.20 bits per heavy atom. The zero-order chi connectivity index (χ0) is 30.9. The van der Waals surface area contributed by atoms with Crippen molar-refractivity contribution in [2.45, 2.75) is 56.0 Å². The summed E-state index contributed by atoms with van der Waals surface area (Å²) in [6, 6.07) is 1.47. The largest absolute Gasteiger partial charge is 0.475 e. The van der Waals surface area contributed by atoms with Gasteiger partial charge in [-0.1, -0.05) is 11.6 Å². The standard InChI is InChI=1S/C32H34ClF2N7O3/c33-21-9-22(37)20(12-36)24(23(21)18-3-4-18)27-26(35)28-25-29(42-7-2-8-43-14-19(42)15-44-30(25)38-27)40-31(39-28)45-16-32-5-1-6-41(32)13-17(10-32)11-34/h9,11-12,18-19,36H,1-8,10,13-16,37H2/b17-11+,36-12?/t19-,32-/m0/s1. The lowest BCUT2D eigenvalue weighted by Crippen LogP contribution is -2.43. The fraction of sp³-hybridized carbons (Fsp3) is 0.500. The van der Waals surface area contributed by atoms with Crippen LogP contribution < -0.4 is 20.1 Å². The van der Waals surface area contributed by atoms with Crippen LogP contribution in [0.4, 0.5) is 20.3 Å². The SMILES string of the molecule is N=Cc1c(N)cc(Cl)c(C2CC2)c1-c1nc2c3c(nc(OC[C@@]45CCCN4C/C(=C/F)C5)nc3c1F)N1CCCOC[C@H]1CO2. The number of nitrogen functional groups attached to an aromatic ring is 1. The van der Waals surface area contributed by atoms with E-state index in [0.29, 0.717) is 66.4 Å². The van der Waals surface area contributed by atoms with Crippen molar-refractivity contribution in [1.82, 2.24) is 19.9 Å². The third-order valence-electron chi connectivity index (χ3n) is 9.91. The van der Waals surface area contributed by atoms with Crippen molar-refractivity contribution in [3.05, 3.63) is 39.9 Å². The third-order valence-corrected chi connectivity index (χ3v) is 10.2. The van der Waals surface area contributed by atoms with Gasteiger partial charge in [-0.25, -0.2) is 13.8 Å². The molecule has 3 N–H and O–H groups in total. The molecule has 1 saturated carbocycles. The highest BCUT2D eigenvalue weighted by molar-refractivity contribution is 6.32. The van der Waals surface area contributed by atoms with Crippen LogP contribution in [-0.2, 0) is 4.74 Å². The summed E-state index contributed by atoms with van der Waals surface area (Å²) in [4.78, 5) is 18.6. The molecule has 236 valence electrons. The molecule has 0 radical (unpaired) electrons. The Bertz CT molecular complexity index is 1750. The molecule has 4 aliphatic heterocycles. The van der Waals surface area contributed by atoms with Gasteiger partial charge < -0.3 is 30.3 Å². The second kappa shape index (κ2) is 11.0. The number of hydrogen-bond acceptors (Lipinski definition) is 10. The Hall–Kier alpha value is -3.61. The van der Waals surface area contributed by atoms with Gasteiger partial charge in [-0.2, -0.15) is 9.97 Å². The Morgan fingerprint density at radius 2 is 2.07 bits per heavy atom. The molecular weight excluding hydrogens is 604 g/mol. The van der Waals surface area contributed by atoms with Crippen LogP contribution in [0.25, 0.3) is 22.2 Å². The topological polar surface area (TPSA) is 123 Å². The molecule has 0 amide bonds. The molecule has 45 heavy (non-hydrogen) atoms. The van der Waals surface area contributed by atoms with Crippen molar-refractivity contribution >= 4 is 40.2 Å². The number of hydrogen-bond donors (Lipinski definition) is 2. The number of rotatable bonds is 6. The van der Waals surface area contributed by atoms with Gasteiger partial charge in [0.25, 0.3) is 0 Å². The van der Waals surface area contributed by atoms with Crippen LogP contribution in [0.5, 0.6) is 11.9 Å². The van der Waals surface area contributed by atoms with E-state index in [-0.39, 0.29) is 59.5 Å². The fourth-order valence-electron chi connectivity index (χ4n) is 7.60. The first-order valence-electron chi connectivity index (χ1n) is 15.6. The highest BCUT2D eigenvalue weighted by Gasteiger charge is 2.47. The van der Waals surface area contributed by atoms with Gasteiger partial charge in [0.15, 0.2) is 5.82 Å². The maximum atomic E-state index is 17.1. The summed E-state index contributed by atoms with van der Waals surface area (Å²) in [5.41, 5.74) is 8.42. The molecule has 2 aromatic heterocycles. The quantitative estimate of drug-likeness (QED) is 0.270. The number of halogens is 3. The molecule has 6 heterocycles. The number of fused-ring (bicyclic) bond motifs is 3. The van der Waals surface area contributed by atoms with E-state index in [4.69, 9.17) is 46.9 Å². The van der Waals surface area contributed by atoms with Gasteiger partial charge in [-0.05, 0) is 68.2 Å². The van der Waals surface area contributed by atoms with Crippen LogP contribution in [0.15, 0.2) is 18.0 Å². The Balaban J connectivity index is 1.31. The summed E-state index contributed by atoms with van der Waals surface area (Å²) in [5.74, 6) is 0.0992. The van der Waals surface area contributed by atoms with Gasteiger partial charge in [0.1, 0.15) is 35.6 Å². The Morgan fingerprint density at radius 3 is 2.87 bits per heavy atom. The summed E-state index contributed by atoms with van der Waals surface area (Å²) in [6.45, 7) is 3.57. The molecule has 4 fully saturated rings. The van der Waals surface area contributed by atoms with Crippen LogP contribution in [-0.4, -0.2) is 83.7 Å². The molecule has 1 aliphatic carbocycles. The maximum absolute atomic E-state index is 17.1. The first-order valence-corrected chi connectivity index (χ1v) is 16.0. The molecule has 10 nitrogen and oxygen atoms in total. The van der Waals surface area contributed by atoms with Crippen LogP contribution in [0.3, 0.4) is 0 Å². The first kappa shape index (κ1) is 28.8. The first-order chi connectivity index (χ1) is 21.9. The molecule has 0 unspecified atom stereocenters. The van der Waals surface area contributed by atoms with E-state index in [0.717, 1.165) is 56.0 Å². The molecule has 0 bridgehead atoms. The van der Waals surface area contributed by atoms with Crippen LogP contribution in [0.1, 0.15) is 55.6 Å². The maximum Gasteiger partial charge on any atom is 0.319 e. The smallest absolute Gasteiger partial charge is 0.319 e. The minimum atomic E-state index is -0.689. The van der Waals surface area contributed by atoms with E-state index < -0.39 is 5.82 Å². The van der Waals surface area contributed by atoms with E-state index in [1.165, 1.54) is 0 Å². The van der Waals surface area contributed by atoms with E-state index in [1.807, 2.05) is 0 Å². The number of anilines is 2. The molecular formula is C32H34ClF2N7O3. The zero-order valence-corrected chi connectivity index (χ0v) is 25.5. The number of pyridine rings is 1. The predicted molar refractivity (Wildman–Crippen MR) is 167 cm³/mol. The second-order valence-corrected chi connectivity index (χ2v) is 13.2. The van der Waals surface area contributed by atoms with Gasteiger partial charge in [0.2, 0.25) is 5.88 Å². The molecule has 2 atom stereocenters. The normalized spacial score (nSPS) is 25.5. The summed E-state index contributed by atoms with van der Waals surface area (Å²) in [7, 11) is 0. The number of nitrogens with zero attached hydrogens (tertiary/aromatic N) is 5. The lowest BCUT2D eigenvalue weighted by atomic mass is 9.93. The van der Waals surface area contributed by atoms with Gasteiger partial charge in [0, 0.05) is 47.7 Å².